The first-order valence-electron chi connectivity index (χ1n) is 10.4. The van der Waals surface area contributed by atoms with E-state index in [0.717, 1.165) is 31.2 Å². The second kappa shape index (κ2) is 10.1. The van der Waals surface area contributed by atoms with Crippen LogP contribution in [0, 0.1) is 0 Å². The van der Waals surface area contributed by atoms with Crippen molar-refractivity contribution in [1.82, 2.24) is 9.62 Å². The molecule has 2 aromatic carbocycles. The third-order valence-corrected chi connectivity index (χ3v) is 7.23. The van der Waals surface area contributed by atoms with E-state index in [0.29, 0.717) is 12.3 Å². The van der Waals surface area contributed by atoms with Gasteiger partial charge in [0.1, 0.15) is 5.75 Å². The largest absolute Gasteiger partial charge is 0.481 e. The Hall–Kier alpha value is -2.38. The second-order valence-electron chi connectivity index (χ2n) is 7.82. The number of nitrogens with one attached hydrogen (secondary N) is 1. The van der Waals surface area contributed by atoms with Crippen molar-refractivity contribution in [3.05, 3.63) is 60.2 Å². The molecule has 1 amide bonds. The predicted molar refractivity (Wildman–Crippen MR) is 117 cm³/mol. The number of hydrogen-bond donors (Lipinski definition) is 1. The average Bonchev–Trinajstić information content (AvgIpc) is 2.75. The highest BCUT2D eigenvalue weighted by Gasteiger charge is 2.23. The number of benzene rings is 2. The fourth-order valence-electron chi connectivity index (χ4n) is 3.62. The van der Waals surface area contributed by atoms with Gasteiger partial charge in [-0.3, -0.25) is 4.79 Å². The quantitative estimate of drug-likeness (QED) is 0.693. The van der Waals surface area contributed by atoms with Crippen LogP contribution in [0.4, 0.5) is 0 Å². The molecule has 0 unspecified atom stereocenters. The van der Waals surface area contributed by atoms with E-state index in [9.17, 15) is 13.2 Å². The molecule has 1 aliphatic carbocycles. The number of hydrogen-bond acceptors (Lipinski definition) is 4. The molecule has 0 aliphatic heterocycles. The highest BCUT2D eigenvalue weighted by molar-refractivity contribution is 7.89. The van der Waals surface area contributed by atoms with Crippen LogP contribution in [0.15, 0.2) is 59.5 Å². The second-order valence-corrected chi connectivity index (χ2v) is 9.87. The highest BCUT2D eigenvalue weighted by Crippen LogP contribution is 2.22. The minimum Gasteiger partial charge on any atom is -0.481 e. The summed E-state index contributed by atoms with van der Waals surface area (Å²) >= 11 is 0. The van der Waals surface area contributed by atoms with Gasteiger partial charge < -0.3 is 10.1 Å². The van der Waals surface area contributed by atoms with E-state index < -0.39 is 16.1 Å². The molecule has 1 N–H and O–H groups in total. The molecule has 1 fully saturated rings. The van der Waals surface area contributed by atoms with Gasteiger partial charge in [-0.1, -0.05) is 49.6 Å². The van der Waals surface area contributed by atoms with Crippen LogP contribution in [0.3, 0.4) is 0 Å². The molecular weight excluding hydrogens is 400 g/mol. The maximum absolute atomic E-state index is 12.8. The molecule has 3 rings (SSSR count). The molecular formula is C23H30N2O4S. The predicted octanol–water partition coefficient (Wildman–Crippen LogP) is 3.72. The summed E-state index contributed by atoms with van der Waals surface area (Å²) in [5.74, 6) is 0.326. The lowest BCUT2D eigenvalue weighted by Gasteiger charge is -2.24. The first-order valence-corrected chi connectivity index (χ1v) is 11.9. The molecule has 7 heteroatoms. The van der Waals surface area contributed by atoms with Crippen molar-refractivity contribution >= 4 is 15.9 Å². The zero-order valence-corrected chi connectivity index (χ0v) is 18.4. The molecule has 0 spiro atoms. The van der Waals surface area contributed by atoms with E-state index in [1.54, 1.807) is 26.1 Å². The van der Waals surface area contributed by atoms with E-state index in [2.05, 4.69) is 5.32 Å². The number of amides is 1. The molecule has 0 bridgehead atoms. The lowest BCUT2D eigenvalue weighted by Crippen LogP contribution is -2.43. The summed E-state index contributed by atoms with van der Waals surface area (Å²) in [7, 11) is -2.06. The molecule has 2 aromatic rings. The lowest BCUT2D eigenvalue weighted by molar-refractivity contribution is -0.128. The van der Waals surface area contributed by atoms with Crippen LogP contribution in [-0.4, -0.2) is 37.8 Å². The average molecular weight is 431 g/mol. The number of carbonyl (C=O) groups excluding carboxylic acids is 1. The molecule has 0 radical (unpaired) electrons. The van der Waals surface area contributed by atoms with E-state index in [1.807, 2.05) is 30.3 Å². The number of nitrogens with zero attached hydrogens (tertiary/aromatic N) is 1. The van der Waals surface area contributed by atoms with Gasteiger partial charge in [-0.05, 0) is 49.6 Å². The molecule has 0 aromatic heterocycles. The molecule has 162 valence electrons. The summed E-state index contributed by atoms with van der Waals surface area (Å²) in [5, 5.41) is 3.05. The van der Waals surface area contributed by atoms with Crippen LogP contribution in [0.1, 0.15) is 44.6 Å². The molecule has 6 nitrogen and oxygen atoms in total. The van der Waals surface area contributed by atoms with Gasteiger partial charge in [0.2, 0.25) is 10.0 Å². The fraction of sp³-hybridized carbons (Fsp3) is 0.435. The third-order valence-electron chi connectivity index (χ3n) is 5.41. The normalized spacial score (nSPS) is 16.2. The Morgan fingerprint density at radius 1 is 1.07 bits per heavy atom. The SMILES string of the molecule is C[C@@H](Oc1ccc(S(=O)(=O)N(C)Cc2ccccc2)cc1)C(=O)NC1CCCCC1. The van der Waals surface area contributed by atoms with Crippen LogP contribution in [0.2, 0.25) is 0 Å². The zero-order chi connectivity index (χ0) is 21.6. The topological polar surface area (TPSA) is 75.7 Å². The van der Waals surface area contributed by atoms with Gasteiger partial charge in [0.25, 0.3) is 5.91 Å². The summed E-state index contributed by atoms with van der Waals surface area (Å²) in [5.41, 5.74) is 0.918. The van der Waals surface area contributed by atoms with Crippen LogP contribution in [0.5, 0.6) is 5.75 Å². The van der Waals surface area contributed by atoms with Gasteiger partial charge in [-0.15, -0.1) is 0 Å². The van der Waals surface area contributed by atoms with Crippen LogP contribution in [-0.2, 0) is 21.4 Å². The molecule has 1 atom stereocenters. The summed E-state index contributed by atoms with van der Waals surface area (Å²) in [4.78, 5) is 12.6. The molecule has 1 saturated carbocycles. The van der Waals surface area contributed by atoms with Gasteiger partial charge in [-0.2, -0.15) is 4.31 Å². The number of rotatable bonds is 8. The van der Waals surface area contributed by atoms with Crippen molar-refractivity contribution in [3.63, 3.8) is 0 Å². The van der Waals surface area contributed by atoms with E-state index in [-0.39, 0.29) is 16.8 Å². The van der Waals surface area contributed by atoms with Crippen molar-refractivity contribution in [2.24, 2.45) is 0 Å². The minimum atomic E-state index is -3.62. The van der Waals surface area contributed by atoms with E-state index in [1.165, 1.54) is 22.9 Å². The lowest BCUT2D eigenvalue weighted by atomic mass is 9.95. The van der Waals surface area contributed by atoms with Crippen molar-refractivity contribution < 1.29 is 17.9 Å². The van der Waals surface area contributed by atoms with Gasteiger partial charge in [0.05, 0.1) is 4.90 Å². The number of ether oxygens (including phenoxy) is 1. The Morgan fingerprint density at radius 3 is 2.33 bits per heavy atom. The summed E-state index contributed by atoms with van der Waals surface area (Å²) in [6.07, 6.45) is 4.91. The Morgan fingerprint density at radius 2 is 1.70 bits per heavy atom. The van der Waals surface area contributed by atoms with Crippen LogP contribution in [0.25, 0.3) is 0 Å². The number of sulfonamides is 1. The Balaban J connectivity index is 1.58. The van der Waals surface area contributed by atoms with Gasteiger partial charge >= 0.3 is 0 Å². The molecule has 30 heavy (non-hydrogen) atoms. The Labute approximate surface area is 179 Å². The van der Waals surface area contributed by atoms with Crippen LogP contribution >= 0.6 is 0 Å². The third kappa shape index (κ3) is 5.83. The summed E-state index contributed by atoms with van der Waals surface area (Å²) in [6, 6.07) is 15.9. The van der Waals surface area contributed by atoms with Crippen molar-refractivity contribution in [1.29, 1.82) is 0 Å². The molecule has 1 aliphatic rings. The smallest absolute Gasteiger partial charge is 0.260 e. The minimum absolute atomic E-state index is 0.138. The van der Waals surface area contributed by atoms with Gasteiger partial charge in [0, 0.05) is 19.6 Å². The Kier molecular flexibility index (Phi) is 7.50. The first-order chi connectivity index (χ1) is 14.4. The summed E-state index contributed by atoms with van der Waals surface area (Å²) < 4.78 is 32.7. The highest BCUT2D eigenvalue weighted by atomic mass is 32.2. The number of carbonyl (C=O) groups is 1. The Bertz CT molecular complexity index is 923. The molecule has 0 saturated heterocycles. The maximum atomic E-state index is 12.8. The van der Waals surface area contributed by atoms with Crippen molar-refractivity contribution in [2.45, 2.75) is 62.6 Å². The monoisotopic (exact) mass is 430 g/mol. The van der Waals surface area contributed by atoms with E-state index in [4.69, 9.17) is 4.74 Å². The van der Waals surface area contributed by atoms with Gasteiger partial charge in [-0.25, -0.2) is 8.42 Å². The van der Waals surface area contributed by atoms with E-state index >= 15 is 0 Å². The maximum Gasteiger partial charge on any atom is 0.260 e. The first kappa shape index (κ1) is 22.3. The van der Waals surface area contributed by atoms with Crippen molar-refractivity contribution in [3.8, 4) is 5.75 Å². The zero-order valence-electron chi connectivity index (χ0n) is 17.6. The van der Waals surface area contributed by atoms with Crippen LogP contribution < -0.4 is 10.1 Å². The fourth-order valence-corrected chi connectivity index (χ4v) is 4.78. The standard InChI is InChI=1S/C23H30N2O4S/c1-18(23(26)24-20-11-7-4-8-12-20)29-21-13-15-22(16-14-21)30(27,28)25(2)17-19-9-5-3-6-10-19/h3,5-6,9-10,13-16,18,20H,4,7-8,11-12,17H2,1-2H3,(H,24,26)/t18-/m1/s1. The molecule has 0 heterocycles. The summed E-state index contributed by atoms with van der Waals surface area (Å²) in [6.45, 7) is 2.00. The van der Waals surface area contributed by atoms with Gasteiger partial charge in [0.15, 0.2) is 6.10 Å². The van der Waals surface area contributed by atoms with Crippen molar-refractivity contribution in [2.75, 3.05) is 7.05 Å².